The Morgan fingerprint density at radius 1 is 0.889 bits per heavy atom. The lowest BCUT2D eigenvalue weighted by Crippen LogP contribution is -2.26. The van der Waals surface area contributed by atoms with E-state index in [1.807, 2.05) is 0 Å². The number of aromatic carboxylic acids is 1. The normalized spacial score (nSPS) is 10.1. The summed E-state index contributed by atoms with van der Waals surface area (Å²) in [5.74, 6) is -3.63. The second kappa shape index (κ2) is 10.1. The first-order valence-electron chi connectivity index (χ1n) is 6.84. The average Bonchev–Trinajstić information content (AvgIpc) is 2.60. The van der Waals surface area contributed by atoms with Gasteiger partial charge in [-0.25, -0.2) is 18.6 Å². The van der Waals surface area contributed by atoms with Gasteiger partial charge in [-0.1, -0.05) is 46.4 Å². The monoisotopic (exact) mass is 459 g/mol. The summed E-state index contributed by atoms with van der Waals surface area (Å²) in [4.78, 5) is 26.5. The number of carboxylic acid groups (broad SMARTS) is 1. The van der Waals surface area contributed by atoms with Crippen molar-refractivity contribution in [1.29, 1.82) is 0 Å². The lowest BCUT2D eigenvalue weighted by atomic mass is 10.2. The molecule has 146 valence electrons. The van der Waals surface area contributed by atoms with Crippen molar-refractivity contribution >= 4 is 58.3 Å². The van der Waals surface area contributed by atoms with Crippen molar-refractivity contribution in [3.05, 3.63) is 67.1 Å². The number of nitrogens with zero attached hydrogens (tertiary/aromatic N) is 1. The Kier molecular flexibility index (Phi) is 8.71. The average molecular weight is 461 g/mol. The topological polar surface area (TPSA) is 66.8 Å². The molecule has 0 aliphatic rings. The standard InChI is InChI=1S/C9H8Cl2FNO2.C7H3Cl2FO2/c1-13(15-2)9(14)5-3-6(10)7(11)4-8(5)12;8-4-1-3(7(11)12)6(10)2-5(4)9/h3-4H,1-2H3;1-2H,(H,11,12). The molecular formula is C16H11Cl4F2NO4. The van der Waals surface area contributed by atoms with Crippen molar-refractivity contribution in [1.82, 2.24) is 5.06 Å². The molecule has 0 aliphatic carbocycles. The van der Waals surface area contributed by atoms with Gasteiger partial charge in [0.05, 0.1) is 38.3 Å². The third-order valence-corrected chi connectivity index (χ3v) is 4.48. The zero-order valence-corrected chi connectivity index (χ0v) is 16.7. The zero-order valence-electron chi connectivity index (χ0n) is 13.7. The van der Waals surface area contributed by atoms with Crippen LogP contribution in [0.2, 0.25) is 20.1 Å². The van der Waals surface area contributed by atoms with Gasteiger partial charge in [0.1, 0.15) is 11.6 Å². The molecule has 0 saturated heterocycles. The van der Waals surface area contributed by atoms with E-state index in [2.05, 4.69) is 4.84 Å². The fourth-order valence-electron chi connectivity index (χ4n) is 1.63. The number of amides is 1. The van der Waals surface area contributed by atoms with Crippen LogP contribution in [0.3, 0.4) is 0 Å². The lowest BCUT2D eigenvalue weighted by Gasteiger charge is -2.14. The predicted octanol–water partition coefficient (Wildman–Crippen LogP) is 5.60. The fraction of sp³-hybridized carbons (Fsp3) is 0.125. The smallest absolute Gasteiger partial charge is 0.338 e. The number of carboxylic acids is 1. The minimum atomic E-state index is -1.37. The van der Waals surface area contributed by atoms with E-state index in [9.17, 15) is 18.4 Å². The largest absolute Gasteiger partial charge is 0.478 e. The van der Waals surface area contributed by atoms with Crippen LogP contribution >= 0.6 is 46.4 Å². The molecule has 2 aromatic rings. The Morgan fingerprint density at radius 3 is 1.67 bits per heavy atom. The van der Waals surface area contributed by atoms with Gasteiger partial charge in [-0.15, -0.1) is 0 Å². The van der Waals surface area contributed by atoms with Crippen molar-refractivity contribution in [2.24, 2.45) is 0 Å². The van der Waals surface area contributed by atoms with Crippen molar-refractivity contribution in [3.8, 4) is 0 Å². The first kappa shape index (κ1) is 23.4. The number of hydrogen-bond acceptors (Lipinski definition) is 3. The highest BCUT2D eigenvalue weighted by atomic mass is 35.5. The molecule has 0 bridgehead atoms. The quantitative estimate of drug-likeness (QED) is 0.478. The zero-order chi connectivity index (χ0) is 20.9. The Morgan fingerprint density at radius 2 is 1.26 bits per heavy atom. The summed E-state index contributed by atoms with van der Waals surface area (Å²) in [5, 5.41) is 9.53. The highest BCUT2D eigenvalue weighted by molar-refractivity contribution is 6.42. The van der Waals surface area contributed by atoms with Gasteiger partial charge in [-0.2, -0.15) is 0 Å². The molecule has 0 unspecified atom stereocenters. The molecule has 0 spiro atoms. The van der Waals surface area contributed by atoms with E-state index in [4.69, 9.17) is 51.5 Å². The summed E-state index contributed by atoms with van der Waals surface area (Å²) < 4.78 is 26.1. The maximum atomic E-state index is 13.3. The molecule has 27 heavy (non-hydrogen) atoms. The summed E-state index contributed by atoms with van der Waals surface area (Å²) in [5.41, 5.74) is -0.668. The molecule has 0 aromatic heterocycles. The molecule has 11 heteroatoms. The second-order valence-electron chi connectivity index (χ2n) is 4.78. The Balaban J connectivity index is 0.000000277. The van der Waals surface area contributed by atoms with Crippen LogP contribution < -0.4 is 0 Å². The van der Waals surface area contributed by atoms with Gasteiger partial charge in [0.15, 0.2) is 0 Å². The van der Waals surface area contributed by atoms with Crippen LogP contribution in [-0.2, 0) is 4.84 Å². The SMILES string of the molecule is CON(C)C(=O)c1cc(Cl)c(Cl)cc1F.O=C(O)c1cc(Cl)c(Cl)cc1F. The number of halogens is 6. The molecule has 0 fully saturated rings. The number of carbonyl (C=O) groups excluding carboxylic acids is 1. The Hall–Kier alpha value is -1.64. The Bertz CT molecular complexity index is 880. The third kappa shape index (κ3) is 6.19. The highest BCUT2D eigenvalue weighted by Crippen LogP contribution is 2.26. The molecule has 1 N–H and O–H groups in total. The summed E-state index contributed by atoms with van der Waals surface area (Å²) in [7, 11) is 2.66. The molecule has 0 saturated carbocycles. The number of benzene rings is 2. The van der Waals surface area contributed by atoms with E-state index < -0.39 is 29.1 Å². The molecule has 5 nitrogen and oxygen atoms in total. The number of hydrogen-bond donors (Lipinski definition) is 1. The van der Waals surface area contributed by atoms with Gasteiger partial charge in [-0.3, -0.25) is 9.63 Å². The van der Waals surface area contributed by atoms with E-state index in [0.717, 1.165) is 29.3 Å². The summed E-state index contributed by atoms with van der Waals surface area (Å²) >= 11 is 22.1. The van der Waals surface area contributed by atoms with Gasteiger partial charge < -0.3 is 5.11 Å². The van der Waals surface area contributed by atoms with Crippen molar-refractivity contribution in [3.63, 3.8) is 0 Å². The summed E-state index contributed by atoms with van der Waals surface area (Å²) in [6.07, 6.45) is 0. The van der Waals surface area contributed by atoms with E-state index in [0.29, 0.717) is 0 Å². The van der Waals surface area contributed by atoms with Crippen LogP contribution in [0.4, 0.5) is 8.78 Å². The molecule has 0 radical (unpaired) electrons. The second-order valence-corrected chi connectivity index (χ2v) is 6.41. The molecule has 0 atom stereocenters. The minimum absolute atomic E-state index is 0.000772. The molecule has 2 rings (SSSR count). The molecule has 0 aliphatic heterocycles. The first-order chi connectivity index (χ1) is 12.5. The van der Waals surface area contributed by atoms with E-state index in [1.165, 1.54) is 14.2 Å². The molecule has 2 aromatic carbocycles. The summed E-state index contributed by atoms with van der Waals surface area (Å²) in [6.45, 7) is 0. The summed E-state index contributed by atoms with van der Waals surface area (Å²) in [6, 6.07) is 3.99. The third-order valence-electron chi connectivity index (χ3n) is 3.04. The van der Waals surface area contributed by atoms with Crippen LogP contribution in [0.15, 0.2) is 24.3 Å². The van der Waals surface area contributed by atoms with E-state index >= 15 is 0 Å². The van der Waals surface area contributed by atoms with Gasteiger partial charge in [0.2, 0.25) is 0 Å². The van der Waals surface area contributed by atoms with Gasteiger partial charge >= 0.3 is 5.97 Å². The number of rotatable bonds is 3. The van der Waals surface area contributed by atoms with Crippen LogP contribution in [0.5, 0.6) is 0 Å². The molecule has 1 amide bonds. The lowest BCUT2D eigenvalue weighted by molar-refractivity contribution is -0.0759. The van der Waals surface area contributed by atoms with E-state index in [-0.39, 0.29) is 25.7 Å². The number of carbonyl (C=O) groups is 2. The minimum Gasteiger partial charge on any atom is -0.478 e. The van der Waals surface area contributed by atoms with Crippen LogP contribution in [-0.4, -0.2) is 36.2 Å². The van der Waals surface area contributed by atoms with Gasteiger partial charge in [0.25, 0.3) is 5.91 Å². The highest BCUT2D eigenvalue weighted by Gasteiger charge is 2.18. The van der Waals surface area contributed by atoms with Crippen molar-refractivity contribution in [2.75, 3.05) is 14.2 Å². The number of hydroxylamine groups is 2. The molecular weight excluding hydrogens is 450 g/mol. The van der Waals surface area contributed by atoms with Gasteiger partial charge in [-0.05, 0) is 24.3 Å². The fourth-order valence-corrected chi connectivity index (χ4v) is 2.25. The van der Waals surface area contributed by atoms with Crippen molar-refractivity contribution < 1.29 is 28.3 Å². The van der Waals surface area contributed by atoms with Crippen LogP contribution in [0, 0.1) is 11.6 Å². The predicted molar refractivity (Wildman–Crippen MR) is 98.9 cm³/mol. The van der Waals surface area contributed by atoms with Crippen LogP contribution in [0.25, 0.3) is 0 Å². The van der Waals surface area contributed by atoms with Gasteiger partial charge in [0, 0.05) is 7.05 Å². The Labute approximate surface area is 172 Å². The van der Waals surface area contributed by atoms with E-state index in [1.54, 1.807) is 0 Å². The van der Waals surface area contributed by atoms with Crippen LogP contribution in [0.1, 0.15) is 20.7 Å². The maximum absolute atomic E-state index is 13.3. The van der Waals surface area contributed by atoms with Crippen molar-refractivity contribution in [2.45, 2.75) is 0 Å². The first-order valence-corrected chi connectivity index (χ1v) is 8.35. The molecule has 0 heterocycles. The maximum Gasteiger partial charge on any atom is 0.338 e.